The summed E-state index contributed by atoms with van der Waals surface area (Å²) in [5, 5.41) is 0. The number of carbonyl (C=O) groups is 1. The van der Waals surface area contributed by atoms with Gasteiger partial charge in [0.15, 0.2) is 23.3 Å². The van der Waals surface area contributed by atoms with Gasteiger partial charge in [0.2, 0.25) is 5.91 Å². The first-order valence-corrected chi connectivity index (χ1v) is 5.90. The number of nitrogen functional groups attached to an aromatic ring is 1. The third kappa shape index (κ3) is 2.73. The Morgan fingerprint density at radius 1 is 1.37 bits per heavy atom. The molecule has 0 unspecified atom stereocenters. The average Bonchev–Trinajstić information content (AvgIpc) is 2.39. The molecular formula is C11H15F2N5O. The molecule has 0 aliphatic carbocycles. The van der Waals surface area contributed by atoms with Crippen molar-refractivity contribution in [1.29, 1.82) is 0 Å². The van der Waals surface area contributed by atoms with Crippen molar-refractivity contribution in [2.24, 2.45) is 17.5 Å². The van der Waals surface area contributed by atoms with E-state index in [4.69, 9.17) is 11.6 Å². The molecule has 0 bridgehead atoms. The topological polar surface area (TPSA) is 97.3 Å². The highest BCUT2D eigenvalue weighted by atomic mass is 19.1. The summed E-state index contributed by atoms with van der Waals surface area (Å²) >= 11 is 0. The largest absolute Gasteiger partial charge is 0.369 e. The van der Waals surface area contributed by atoms with Crippen LogP contribution in [0.5, 0.6) is 0 Å². The van der Waals surface area contributed by atoms with E-state index in [-0.39, 0.29) is 23.5 Å². The molecule has 104 valence electrons. The van der Waals surface area contributed by atoms with E-state index in [1.807, 2.05) is 0 Å². The molecule has 6 nitrogen and oxygen atoms in total. The van der Waals surface area contributed by atoms with Crippen LogP contribution in [0.15, 0.2) is 6.07 Å². The van der Waals surface area contributed by atoms with Gasteiger partial charge in [0.1, 0.15) is 0 Å². The molecule has 1 saturated heterocycles. The Kier molecular flexibility index (Phi) is 3.79. The molecule has 0 atom stereocenters. The predicted molar refractivity (Wildman–Crippen MR) is 66.1 cm³/mol. The highest BCUT2D eigenvalue weighted by Crippen LogP contribution is 2.26. The van der Waals surface area contributed by atoms with Crippen molar-refractivity contribution in [2.45, 2.75) is 12.8 Å². The van der Waals surface area contributed by atoms with Crippen molar-refractivity contribution in [3.8, 4) is 0 Å². The van der Waals surface area contributed by atoms with E-state index in [9.17, 15) is 13.6 Å². The molecule has 1 aromatic heterocycles. The Morgan fingerprint density at radius 2 is 2.00 bits per heavy atom. The molecule has 8 heteroatoms. The summed E-state index contributed by atoms with van der Waals surface area (Å²) in [6, 6.07) is 0.734. The lowest BCUT2D eigenvalue weighted by molar-refractivity contribution is -0.122. The SMILES string of the molecule is NNc1nc(N2CCC(C(N)=O)CC2)c(F)cc1F. The first kappa shape index (κ1) is 13.5. The molecule has 2 heterocycles. The molecule has 1 fully saturated rings. The van der Waals surface area contributed by atoms with Crippen LogP contribution in [-0.2, 0) is 4.79 Å². The van der Waals surface area contributed by atoms with Gasteiger partial charge in [-0.3, -0.25) is 4.79 Å². The van der Waals surface area contributed by atoms with Crippen LogP contribution in [0.1, 0.15) is 12.8 Å². The summed E-state index contributed by atoms with van der Waals surface area (Å²) in [5.41, 5.74) is 7.30. The normalized spacial score (nSPS) is 16.5. The Balaban J connectivity index is 2.17. The van der Waals surface area contributed by atoms with Crippen molar-refractivity contribution in [2.75, 3.05) is 23.4 Å². The number of pyridine rings is 1. The Labute approximate surface area is 108 Å². The Hall–Kier alpha value is -1.96. The lowest BCUT2D eigenvalue weighted by Crippen LogP contribution is -2.39. The third-order valence-corrected chi connectivity index (χ3v) is 3.24. The van der Waals surface area contributed by atoms with Crippen LogP contribution < -0.4 is 21.9 Å². The van der Waals surface area contributed by atoms with Crippen LogP contribution in [0.25, 0.3) is 0 Å². The van der Waals surface area contributed by atoms with Gasteiger partial charge in [0, 0.05) is 25.1 Å². The molecule has 0 saturated carbocycles. The van der Waals surface area contributed by atoms with E-state index in [1.165, 1.54) is 0 Å². The smallest absolute Gasteiger partial charge is 0.220 e. The number of hydrazine groups is 1. The molecule has 1 aliphatic heterocycles. The lowest BCUT2D eigenvalue weighted by atomic mass is 9.96. The third-order valence-electron chi connectivity index (χ3n) is 3.24. The molecule has 1 aromatic rings. The van der Waals surface area contributed by atoms with Gasteiger partial charge in [0.05, 0.1) is 0 Å². The number of hydrogen-bond donors (Lipinski definition) is 3. The van der Waals surface area contributed by atoms with Gasteiger partial charge in [-0.1, -0.05) is 0 Å². The number of anilines is 2. The van der Waals surface area contributed by atoms with E-state index in [2.05, 4.69) is 10.4 Å². The number of nitrogens with zero attached hydrogens (tertiary/aromatic N) is 2. The van der Waals surface area contributed by atoms with Crippen molar-refractivity contribution in [3.63, 3.8) is 0 Å². The molecule has 19 heavy (non-hydrogen) atoms. The first-order valence-electron chi connectivity index (χ1n) is 5.90. The van der Waals surface area contributed by atoms with Crippen LogP contribution in [0.4, 0.5) is 20.4 Å². The summed E-state index contributed by atoms with van der Waals surface area (Å²) in [6.45, 7) is 0.875. The number of aromatic nitrogens is 1. The van der Waals surface area contributed by atoms with Crippen molar-refractivity contribution in [1.82, 2.24) is 4.98 Å². The van der Waals surface area contributed by atoms with Crippen molar-refractivity contribution >= 4 is 17.5 Å². The van der Waals surface area contributed by atoms with Gasteiger partial charge >= 0.3 is 0 Å². The maximum Gasteiger partial charge on any atom is 0.220 e. The molecule has 0 radical (unpaired) electrons. The fraction of sp³-hybridized carbons (Fsp3) is 0.455. The summed E-state index contributed by atoms with van der Waals surface area (Å²) in [6.07, 6.45) is 1.05. The summed E-state index contributed by atoms with van der Waals surface area (Å²) in [7, 11) is 0. The van der Waals surface area contributed by atoms with E-state index < -0.39 is 11.6 Å². The van der Waals surface area contributed by atoms with Gasteiger partial charge in [-0.2, -0.15) is 0 Å². The second-order valence-corrected chi connectivity index (χ2v) is 4.43. The van der Waals surface area contributed by atoms with E-state index in [0.717, 1.165) is 6.07 Å². The van der Waals surface area contributed by atoms with Crippen LogP contribution in [0, 0.1) is 17.6 Å². The van der Waals surface area contributed by atoms with Crippen LogP contribution in [0.2, 0.25) is 0 Å². The predicted octanol–water partition coefficient (Wildman–Crippen LogP) is 0.347. The fourth-order valence-electron chi connectivity index (χ4n) is 2.16. The standard InChI is InChI=1S/C11H15F2N5O/c12-7-5-8(13)11(16-10(7)17-15)18-3-1-6(2-4-18)9(14)19/h5-6H,1-4,15H2,(H2,14,19)(H,16,17). The number of rotatable bonds is 3. The van der Waals surface area contributed by atoms with Crippen molar-refractivity contribution < 1.29 is 13.6 Å². The van der Waals surface area contributed by atoms with Gasteiger partial charge in [0.25, 0.3) is 0 Å². The number of amides is 1. The second kappa shape index (κ2) is 5.35. The number of nitrogens with two attached hydrogens (primary N) is 2. The monoisotopic (exact) mass is 271 g/mol. The van der Waals surface area contributed by atoms with E-state index in [0.29, 0.717) is 25.9 Å². The lowest BCUT2D eigenvalue weighted by Gasteiger charge is -2.31. The molecule has 2 rings (SSSR count). The Bertz CT molecular complexity index is 488. The van der Waals surface area contributed by atoms with Gasteiger partial charge in [-0.15, -0.1) is 0 Å². The van der Waals surface area contributed by atoms with Gasteiger partial charge in [-0.25, -0.2) is 19.6 Å². The average molecular weight is 271 g/mol. The minimum atomic E-state index is -0.851. The number of carbonyl (C=O) groups excluding carboxylic acids is 1. The van der Waals surface area contributed by atoms with E-state index in [1.54, 1.807) is 4.90 Å². The van der Waals surface area contributed by atoms with Crippen molar-refractivity contribution in [3.05, 3.63) is 17.7 Å². The minimum absolute atomic E-state index is 0.0253. The van der Waals surface area contributed by atoms with Crippen LogP contribution in [0.3, 0.4) is 0 Å². The fourth-order valence-corrected chi connectivity index (χ4v) is 2.16. The number of piperidine rings is 1. The zero-order valence-electron chi connectivity index (χ0n) is 10.2. The molecule has 0 aromatic carbocycles. The summed E-state index contributed by atoms with van der Waals surface area (Å²) in [5.74, 6) is 2.76. The number of hydrogen-bond acceptors (Lipinski definition) is 5. The highest BCUT2D eigenvalue weighted by Gasteiger charge is 2.26. The minimum Gasteiger partial charge on any atom is -0.369 e. The van der Waals surface area contributed by atoms with Crippen LogP contribution in [-0.4, -0.2) is 24.0 Å². The number of primary amides is 1. The van der Waals surface area contributed by atoms with Gasteiger partial charge in [-0.05, 0) is 12.8 Å². The molecule has 0 spiro atoms. The highest BCUT2D eigenvalue weighted by molar-refractivity contribution is 5.77. The Morgan fingerprint density at radius 3 is 2.53 bits per heavy atom. The van der Waals surface area contributed by atoms with Gasteiger partial charge < -0.3 is 16.1 Å². The molecule has 1 aliphatic rings. The van der Waals surface area contributed by atoms with E-state index >= 15 is 0 Å². The summed E-state index contributed by atoms with van der Waals surface area (Å²) < 4.78 is 26.9. The van der Waals surface area contributed by atoms with Crippen LogP contribution >= 0.6 is 0 Å². The maximum atomic E-state index is 13.7. The quantitative estimate of drug-likeness (QED) is 0.544. The second-order valence-electron chi connectivity index (χ2n) is 4.43. The molecule has 5 N–H and O–H groups in total. The summed E-state index contributed by atoms with van der Waals surface area (Å²) in [4.78, 5) is 16.5. The maximum absolute atomic E-state index is 13.7. The number of nitrogens with one attached hydrogen (secondary N) is 1. The zero-order valence-corrected chi connectivity index (χ0v) is 10.2. The molecular weight excluding hydrogens is 256 g/mol. The first-order chi connectivity index (χ1) is 9.02. The number of halogens is 2. The zero-order chi connectivity index (χ0) is 14.0. The molecule has 1 amide bonds.